The van der Waals surface area contributed by atoms with Crippen molar-refractivity contribution in [2.75, 3.05) is 7.11 Å². The Balaban J connectivity index is -0.000000368. The number of benzene rings is 3. The molecule has 0 saturated heterocycles. The van der Waals surface area contributed by atoms with Gasteiger partial charge in [-0.25, -0.2) is 0 Å². The fourth-order valence-electron chi connectivity index (χ4n) is 6.80. The van der Waals surface area contributed by atoms with E-state index in [-0.39, 0.29) is 36.3 Å². The van der Waals surface area contributed by atoms with Crippen LogP contribution in [0.3, 0.4) is 0 Å². The Labute approximate surface area is 441 Å². The molecule has 4 heterocycles. The van der Waals surface area contributed by atoms with Crippen LogP contribution >= 0.6 is 11.3 Å². The smallest absolute Gasteiger partial charge is 0.124 e. The third-order valence-corrected chi connectivity index (χ3v) is 11.6. The van der Waals surface area contributed by atoms with E-state index in [4.69, 9.17) is 13.6 Å². The second-order valence-corrected chi connectivity index (χ2v) is 20.3. The van der Waals surface area contributed by atoms with E-state index in [2.05, 4.69) is 188 Å². The lowest BCUT2D eigenvalue weighted by molar-refractivity contribution is 0.272. The van der Waals surface area contributed by atoms with Crippen molar-refractivity contribution in [2.45, 2.75) is 190 Å². The minimum Gasteiger partial charge on any atom is -0.496 e. The molecule has 0 atom stereocenters. The summed E-state index contributed by atoms with van der Waals surface area (Å²) in [6.45, 7) is 34.9. The number of hydrogen-bond donors (Lipinski definition) is 2. The molecule has 0 unspecified atom stereocenters. The van der Waals surface area contributed by atoms with Gasteiger partial charge in [0.2, 0.25) is 0 Å². The molecule has 0 aliphatic rings. The van der Waals surface area contributed by atoms with E-state index in [9.17, 15) is 5.11 Å². The average Bonchev–Trinajstić information content (AvgIpc) is 4.14. The topological polar surface area (TPSA) is 71.5 Å². The standard InChI is InChI=1S/C11H16O2.C11H16.C10H14.C8H12O.C7H11N.C7H10O.C7H10S.4CH4/c1-8(2)9-5-4-6-11(13-3)10(9)7-12;1-8(2)11-6-5-9(3)7-10(11)4;1-9(2)8-10-6-4-3-5-7-10;1-7(2)6-8-4-3-5-9-8;1-6(2)7-4-3-5-8-7;1-6(2)7-3-4-8-5-7;1-6(2)7-4-3-5-8-7;;;;/h4-6,8,12H,7H2,1-3H3;5-8H,1-4H3;3-7,9H,8H2,1-2H3;3-5,7H,6H2,1-2H3;3-6,8H,1-2H3;2*3-6H,1-2H3;4*1H4. The molecule has 0 bridgehead atoms. The molecule has 2 N–H and O–H groups in total. The number of H-pyrrole nitrogens is 1. The van der Waals surface area contributed by atoms with E-state index in [1.54, 1.807) is 25.9 Å². The van der Waals surface area contributed by atoms with Crippen LogP contribution in [0.2, 0.25) is 0 Å². The molecule has 71 heavy (non-hydrogen) atoms. The summed E-state index contributed by atoms with van der Waals surface area (Å²) < 4.78 is 15.2. The first-order valence-electron chi connectivity index (χ1n) is 24.4. The van der Waals surface area contributed by atoms with Crippen LogP contribution in [0.4, 0.5) is 0 Å². The highest BCUT2D eigenvalue weighted by Gasteiger charge is 2.10. The highest BCUT2D eigenvalue weighted by molar-refractivity contribution is 7.10. The largest absolute Gasteiger partial charge is 0.496 e. The molecule has 0 radical (unpaired) electrons. The van der Waals surface area contributed by atoms with Crippen molar-refractivity contribution >= 4 is 11.3 Å². The number of hydrogen-bond acceptors (Lipinski definition) is 5. The molecule has 3 aromatic carbocycles. The lowest BCUT2D eigenvalue weighted by Gasteiger charge is -2.14. The molecule has 4 aromatic heterocycles. The minimum atomic E-state index is 0. The zero-order valence-corrected chi connectivity index (χ0v) is 45.3. The molecular weight excluding hydrogens is 891 g/mol. The van der Waals surface area contributed by atoms with Gasteiger partial charge in [-0.3, -0.25) is 0 Å². The summed E-state index contributed by atoms with van der Waals surface area (Å²) in [6, 6.07) is 37.5. The SMILES string of the molecule is C.C.C.C.CC(C)Cc1ccccc1.CC(C)Cc1ccco1.CC(C)c1ccc[nH]1.CC(C)c1cccs1.CC(C)c1ccoc1.COc1cccc(C(C)C)c1CO.Cc1ccc(C(C)C)c(C)c1. The maximum Gasteiger partial charge on any atom is 0.124 e. The van der Waals surface area contributed by atoms with Crippen molar-refractivity contribution in [3.63, 3.8) is 0 Å². The number of thiophene rings is 1. The summed E-state index contributed by atoms with van der Waals surface area (Å²) in [5.41, 5.74) is 10.3. The highest BCUT2D eigenvalue weighted by atomic mass is 32.1. The van der Waals surface area contributed by atoms with E-state index in [1.807, 2.05) is 60.0 Å². The number of aliphatic hydroxyl groups excluding tert-OH is 1. The van der Waals surface area contributed by atoms with Crippen molar-refractivity contribution < 1.29 is 18.7 Å². The third kappa shape index (κ3) is 31.8. The van der Waals surface area contributed by atoms with Crippen molar-refractivity contribution in [1.82, 2.24) is 4.98 Å². The number of aryl methyl sites for hydroxylation is 2. The molecule has 0 saturated carbocycles. The second-order valence-electron chi connectivity index (χ2n) is 19.3. The van der Waals surface area contributed by atoms with Gasteiger partial charge in [-0.2, -0.15) is 0 Å². The molecule has 0 aliphatic carbocycles. The predicted molar refractivity (Wildman–Crippen MR) is 318 cm³/mol. The van der Waals surface area contributed by atoms with Crippen LogP contribution in [-0.4, -0.2) is 17.2 Å². The Morgan fingerprint density at radius 3 is 1.58 bits per heavy atom. The first kappa shape index (κ1) is 72.5. The molecule has 0 fully saturated rings. The lowest BCUT2D eigenvalue weighted by atomic mass is 9.97. The van der Waals surface area contributed by atoms with E-state index in [0.29, 0.717) is 35.5 Å². The number of nitrogens with one attached hydrogen (secondary N) is 1. The van der Waals surface area contributed by atoms with Gasteiger partial charge in [-0.1, -0.05) is 199 Å². The van der Waals surface area contributed by atoms with E-state index in [0.717, 1.165) is 35.0 Å². The van der Waals surface area contributed by atoms with Gasteiger partial charge in [0.25, 0.3) is 0 Å². The van der Waals surface area contributed by atoms with E-state index in [1.165, 1.54) is 44.8 Å². The molecule has 5 nitrogen and oxygen atoms in total. The molecular formula is C65H105NO4S. The summed E-state index contributed by atoms with van der Waals surface area (Å²) >= 11 is 1.83. The zero-order chi connectivity index (χ0) is 50.3. The molecule has 6 heteroatoms. The fourth-order valence-corrected chi connectivity index (χ4v) is 7.54. The predicted octanol–water partition coefficient (Wildman–Crippen LogP) is 21.1. The Morgan fingerprint density at radius 1 is 0.577 bits per heavy atom. The van der Waals surface area contributed by atoms with Crippen molar-refractivity contribution in [1.29, 1.82) is 0 Å². The second kappa shape index (κ2) is 41.6. The summed E-state index contributed by atoms with van der Waals surface area (Å²) in [6.07, 6.45) is 9.40. The van der Waals surface area contributed by atoms with Crippen LogP contribution in [0.1, 0.15) is 212 Å². The monoisotopic (exact) mass is 996 g/mol. The summed E-state index contributed by atoms with van der Waals surface area (Å²) in [5.74, 6) is 6.30. The van der Waals surface area contributed by atoms with Crippen molar-refractivity contribution in [3.05, 3.63) is 195 Å². The molecule has 7 rings (SSSR count). The minimum absolute atomic E-state index is 0. The number of aliphatic hydroxyl groups is 1. The van der Waals surface area contributed by atoms with Crippen LogP contribution in [-0.2, 0) is 19.4 Å². The maximum absolute atomic E-state index is 9.20. The lowest BCUT2D eigenvalue weighted by Crippen LogP contribution is -1.99. The quantitative estimate of drug-likeness (QED) is 0.135. The molecule has 0 amide bonds. The number of aromatic nitrogens is 1. The van der Waals surface area contributed by atoms with Crippen molar-refractivity contribution in [3.8, 4) is 5.75 Å². The van der Waals surface area contributed by atoms with Gasteiger partial charge < -0.3 is 23.7 Å². The first-order chi connectivity index (χ1) is 31.8. The van der Waals surface area contributed by atoms with Crippen molar-refractivity contribution in [2.24, 2.45) is 11.8 Å². The zero-order valence-electron chi connectivity index (χ0n) is 44.5. The van der Waals surface area contributed by atoms with Gasteiger partial charge >= 0.3 is 0 Å². The first-order valence-corrected chi connectivity index (χ1v) is 25.3. The Kier molecular flexibility index (Phi) is 42.4. The number of furan rings is 2. The van der Waals surface area contributed by atoms with Crippen LogP contribution in [0.15, 0.2) is 148 Å². The van der Waals surface area contributed by atoms with Crippen LogP contribution in [0, 0.1) is 25.7 Å². The van der Waals surface area contributed by atoms with E-state index >= 15 is 0 Å². The van der Waals surface area contributed by atoms with Gasteiger partial charge in [0.15, 0.2) is 0 Å². The average molecular weight is 997 g/mol. The number of rotatable bonds is 11. The Bertz CT molecular complexity index is 2070. The highest BCUT2D eigenvalue weighted by Crippen LogP contribution is 2.27. The van der Waals surface area contributed by atoms with Gasteiger partial charge in [0.1, 0.15) is 11.5 Å². The molecule has 0 aliphatic heterocycles. The molecule has 400 valence electrons. The molecule has 7 aromatic rings. The summed E-state index contributed by atoms with van der Waals surface area (Å²) in [4.78, 5) is 4.61. The molecule has 0 spiro atoms. The van der Waals surface area contributed by atoms with E-state index < -0.39 is 0 Å². The number of methoxy groups -OCH3 is 1. The Hall–Kier alpha value is -5.04. The van der Waals surface area contributed by atoms with Crippen LogP contribution in [0.25, 0.3) is 0 Å². The summed E-state index contributed by atoms with van der Waals surface area (Å²) in [5, 5.41) is 11.3. The number of aromatic amines is 1. The maximum atomic E-state index is 9.20. The summed E-state index contributed by atoms with van der Waals surface area (Å²) in [7, 11) is 1.62. The normalized spacial score (nSPS) is 9.87. The fraction of sp³-hybridized carbons (Fsp3) is 0.477. The third-order valence-electron chi connectivity index (χ3n) is 10.5. The Morgan fingerprint density at radius 2 is 1.21 bits per heavy atom. The van der Waals surface area contributed by atoms with Crippen LogP contribution < -0.4 is 4.74 Å². The van der Waals surface area contributed by atoms with Gasteiger partial charge in [0, 0.05) is 28.8 Å². The number of ether oxygens (including phenoxy) is 1. The van der Waals surface area contributed by atoms with Gasteiger partial charge in [-0.05, 0) is 137 Å². The van der Waals surface area contributed by atoms with Crippen LogP contribution in [0.5, 0.6) is 5.75 Å². The van der Waals surface area contributed by atoms with Gasteiger partial charge in [-0.15, -0.1) is 11.3 Å². The van der Waals surface area contributed by atoms with Gasteiger partial charge in [0.05, 0.1) is 32.5 Å².